The highest BCUT2D eigenvalue weighted by Gasteiger charge is 2.31. The van der Waals surface area contributed by atoms with E-state index in [0.717, 1.165) is 18.6 Å². The van der Waals surface area contributed by atoms with Crippen LogP contribution in [0.5, 0.6) is 5.75 Å². The molecule has 2 amide bonds. The fraction of sp³-hybridized carbons (Fsp3) is 0.632. The zero-order chi connectivity index (χ0) is 19.7. The molecule has 152 valence electrons. The van der Waals surface area contributed by atoms with Gasteiger partial charge in [0.1, 0.15) is 5.75 Å². The monoisotopic (exact) mass is 387 g/mol. The molecule has 0 radical (unpaired) electrons. The molecule has 1 heterocycles. The molecule has 1 aromatic carbocycles. The summed E-state index contributed by atoms with van der Waals surface area (Å²) in [6.45, 7) is 3.62. The minimum atomic E-state index is -4.20. The third-order valence-corrected chi connectivity index (χ3v) is 4.42. The lowest BCUT2D eigenvalue weighted by atomic mass is 10.2. The fourth-order valence-electron chi connectivity index (χ4n) is 2.94. The summed E-state index contributed by atoms with van der Waals surface area (Å²) in [6.07, 6.45) is -2.05. The predicted octanol–water partition coefficient (Wildman–Crippen LogP) is 3.43. The lowest BCUT2D eigenvalue weighted by molar-refractivity contribution is -0.145. The Morgan fingerprint density at radius 2 is 1.85 bits per heavy atom. The maximum absolute atomic E-state index is 12.5. The first-order chi connectivity index (χ1) is 12.8. The highest BCUT2D eigenvalue weighted by atomic mass is 19.4. The van der Waals surface area contributed by atoms with E-state index in [9.17, 15) is 18.0 Å². The third-order valence-electron chi connectivity index (χ3n) is 4.42. The van der Waals surface area contributed by atoms with Crippen LogP contribution in [0.15, 0.2) is 24.3 Å². The van der Waals surface area contributed by atoms with E-state index in [1.165, 1.54) is 10.5 Å². The van der Waals surface area contributed by atoms with Gasteiger partial charge < -0.3 is 15.0 Å². The van der Waals surface area contributed by atoms with Crippen LogP contribution in [0.2, 0.25) is 0 Å². The maximum atomic E-state index is 12.5. The molecule has 8 heteroatoms. The highest BCUT2D eigenvalue weighted by Crippen LogP contribution is 2.17. The second-order valence-corrected chi connectivity index (χ2v) is 6.83. The molecule has 0 spiro atoms. The van der Waals surface area contributed by atoms with E-state index >= 15 is 0 Å². The Morgan fingerprint density at radius 1 is 1.11 bits per heavy atom. The molecule has 5 nitrogen and oxygen atoms in total. The van der Waals surface area contributed by atoms with Gasteiger partial charge in [-0.3, -0.25) is 4.90 Å². The van der Waals surface area contributed by atoms with Crippen LogP contribution in [0.1, 0.15) is 24.8 Å². The lowest BCUT2D eigenvalue weighted by Crippen LogP contribution is -2.43. The summed E-state index contributed by atoms with van der Waals surface area (Å²) in [7, 11) is 0. The molecule has 2 rings (SSSR count). The molecule has 0 bridgehead atoms. The topological polar surface area (TPSA) is 44.8 Å². The Morgan fingerprint density at radius 3 is 2.56 bits per heavy atom. The number of unbranched alkanes of at least 4 members (excludes halogenated alkanes) is 1. The molecule has 1 aromatic rings. The zero-order valence-electron chi connectivity index (χ0n) is 15.7. The number of aryl methyl sites for hydroxylation is 1. The fourth-order valence-corrected chi connectivity index (χ4v) is 2.94. The molecule has 0 aromatic heterocycles. The molecule has 0 atom stereocenters. The number of amides is 2. The van der Waals surface area contributed by atoms with Crippen LogP contribution in [0.3, 0.4) is 0 Å². The van der Waals surface area contributed by atoms with Crippen molar-refractivity contribution in [1.29, 1.82) is 0 Å². The van der Waals surface area contributed by atoms with E-state index in [1.807, 2.05) is 31.2 Å². The van der Waals surface area contributed by atoms with Crippen LogP contribution in [0.4, 0.5) is 18.0 Å². The van der Waals surface area contributed by atoms with Gasteiger partial charge in [0.2, 0.25) is 0 Å². The number of nitrogens with zero attached hydrogens (tertiary/aromatic N) is 2. The van der Waals surface area contributed by atoms with Gasteiger partial charge in [-0.2, -0.15) is 13.2 Å². The van der Waals surface area contributed by atoms with Crippen molar-refractivity contribution in [3.63, 3.8) is 0 Å². The molecule has 0 unspecified atom stereocenters. The standard InChI is InChI=1S/C19H28F3N3O2/c1-16-5-7-17(8-6-16)27-14-3-2-9-23-18(26)25-11-4-10-24(12-13-25)15-19(20,21)22/h5-8H,2-4,9-15H2,1H3,(H,23,26). The quantitative estimate of drug-likeness (QED) is 0.729. The molecular formula is C19H28F3N3O2. The van der Waals surface area contributed by atoms with Gasteiger partial charge in [0.25, 0.3) is 0 Å². The van der Waals surface area contributed by atoms with Gasteiger partial charge in [0.05, 0.1) is 13.2 Å². The van der Waals surface area contributed by atoms with Gasteiger partial charge in [-0.1, -0.05) is 17.7 Å². The lowest BCUT2D eigenvalue weighted by Gasteiger charge is -2.23. The maximum Gasteiger partial charge on any atom is 0.401 e. The highest BCUT2D eigenvalue weighted by molar-refractivity contribution is 5.74. The normalized spacial score (nSPS) is 16.1. The van der Waals surface area contributed by atoms with Gasteiger partial charge in [-0.25, -0.2) is 4.79 Å². The average molecular weight is 387 g/mol. The van der Waals surface area contributed by atoms with Gasteiger partial charge in [-0.15, -0.1) is 0 Å². The van der Waals surface area contributed by atoms with Crippen molar-refractivity contribution in [3.8, 4) is 5.75 Å². The molecular weight excluding hydrogens is 359 g/mol. The number of benzene rings is 1. The van der Waals surface area contributed by atoms with Crippen molar-refractivity contribution in [2.45, 2.75) is 32.4 Å². The number of alkyl halides is 3. The second-order valence-electron chi connectivity index (χ2n) is 6.83. The number of ether oxygens (including phenoxy) is 1. The van der Waals surface area contributed by atoms with Crippen molar-refractivity contribution in [2.75, 3.05) is 45.9 Å². The number of rotatable bonds is 7. The first-order valence-electron chi connectivity index (χ1n) is 9.35. The largest absolute Gasteiger partial charge is 0.494 e. The van der Waals surface area contributed by atoms with Crippen LogP contribution in [0, 0.1) is 6.92 Å². The van der Waals surface area contributed by atoms with Crippen molar-refractivity contribution in [2.24, 2.45) is 0 Å². The smallest absolute Gasteiger partial charge is 0.401 e. The Bertz CT molecular complexity index is 579. The van der Waals surface area contributed by atoms with Crippen LogP contribution in [-0.4, -0.2) is 67.9 Å². The zero-order valence-corrected chi connectivity index (χ0v) is 15.7. The molecule has 1 fully saturated rings. The van der Waals surface area contributed by atoms with Gasteiger partial charge >= 0.3 is 12.2 Å². The number of carbonyl (C=O) groups excluding carboxylic acids is 1. The average Bonchev–Trinajstić information content (AvgIpc) is 2.83. The Labute approximate surface area is 158 Å². The van der Waals surface area contributed by atoms with Crippen LogP contribution in [0.25, 0.3) is 0 Å². The Hall–Kier alpha value is -1.96. The summed E-state index contributed by atoms with van der Waals surface area (Å²) in [5.74, 6) is 0.831. The number of halogens is 3. The summed E-state index contributed by atoms with van der Waals surface area (Å²) in [5.41, 5.74) is 1.18. The van der Waals surface area contributed by atoms with Gasteiger partial charge in [0.15, 0.2) is 0 Å². The molecule has 0 aliphatic carbocycles. The SMILES string of the molecule is Cc1ccc(OCCCCNC(=O)N2CCCN(CC(F)(F)F)CC2)cc1. The van der Waals surface area contributed by atoms with Crippen molar-refractivity contribution in [3.05, 3.63) is 29.8 Å². The second kappa shape index (κ2) is 10.4. The summed E-state index contributed by atoms with van der Waals surface area (Å²) >= 11 is 0. The van der Waals surface area contributed by atoms with Crippen LogP contribution < -0.4 is 10.1 Å². The molecule has 1 aliphatic heterocycles. The van der Waals surface area contributed by atoms with E-state index in [2.05, 4.69) is 5.32 Å². The first-order valence-corrected chi connectivity index (χ1v) is 9.35. The minimum Gasteiger partial charge on any atom is -0.494 e. The first kappa shape index (κ1) is 21.3. The molecule has 1 saturated heterocycles. The van der Waals surface area contributed by atoms with Crippen molar-refractivity contribution >= 4 is 6.03 Å². The third kappa shape index (κ3) is 8.51. The summed E-state index contributed by atoms with van der Waals surface area (Å²) in [6, 6.07) is 7.64. The predicted molar refractivity (Wildman–Crippen MR) is 98.0 cm³/mol. The Kier molecular flexibility index (Phi) is 8.22. The number of carbonyl (C=O) groups is 1. The van der Waals surface area contributed by atoms with E-state index in [0.29, 0.717) is 39.2 Å². The molecule has 1 aliphatic rings. The van der Waals surface area contributed by atoms with E-state index in [1.54, 1.807) is 4.90 Å². The number of hydrogen-bond acceptors (Lipinski definition) is 3. The Balaban J connectivity index is 1.58. The van der Waals surface area contributed by atoms with E-state index < -0.39 is 12.7 Å². The van der Waals surface area contributed by atoms with Crippen LogP contribution in [-0.2, 0) is 0 Å². The summed E-state index contributed by atoms with van der Waals surface area (Å²) in [5, 5.41) is 2.84. The number of nitrogens with one attached hydrogen (secondary N) is 1. The van der Waals surface area contributed by atoms with Gasteiger partial charge in [0, 0.05) is 32.7 Å². The van der Waals surface area contributed by atoms with Gasteiger partial charge in [-0.05, 0) is 38.3 Å². The number of urea groups is 1. The van der Waals surface area contributed by atoms with Crippen LogP contribution >= 0.6 is 0 Å². The molecule has 0 saturated carbocycles. The molecule has 27 heavy (non-hydrogen) atoms. The molecule has 1 N–H and O–H groups in total. The van der Waals surface area contributed by atoms with Crippen molar-refractivity contribution in [1.82, 2.24) is 15.1 Å². The minimum absolute atomic E-state index is 0.205. The van der Waals surface area contributed by atoms with Crippen molar-refractivity contribution < 1.29 is 22.7 Å². The number of hydrogen-bond donors (Lipinski definition) is 1. The van der Waals surface area contributed by atoms with E-state index in [4.69, 9.17) is 4.74 Å². The van der Waals surface area contributed by atoms with E-state index in [-0.39, 0.29) is 12.6 Å². The summed E-state index contributed by atoms with van der Waals surface area (Å²) in [4.78, 5) is 15.1. The summed E-state index contributed by atoms with van der Waals surface area (Å²) < 4.78 is 43.1.